The van der Waals surface area contributed by atoms with E-state index in [2.05, 4.69) is 5.32 Å². The summed E-state index contributed by atoms with van der Waals surface area (Å²) in [5.74, 6) is -1.42. The Morgan fingerprint density at radius 2 is 1.46 bits per heavy atom. The molecule has 4 rings (SSSR count). The number of anilines is 1. The lowest BCUT2D eigenvalue weighted by Gasteiger charge is -2.33. The van der Waals surface area contributed by atoms with Crippen molar-refractivity contribution in [2.45, 2.75) is 30.8 Å². The number of carbonyl (C=O) groups is 2. The highest BCUT2D eigenvalue weighted by Crippen LogP contribution is 2.26. The molecule has 41 heavy (non-hydrogen) atoms. The standard InChI is InChI=1S/C32H32FN3O4S/c1-24-10-9-13-28(20-24)36(41(39,40)29-14-7-4-8-15-29)23-31(37)35(22-26-16-18-27(33)19-17-26)30(32(38)34-2)21-25-11-5-3-6-12-25/h3-20,30H,21-23H2,1-2H3,(H,34,38)/t30-/m0/s1. The third-order valence-electron chi connectivity index (χ3n) is 6.68. The Morgan fingerprint density at radius 3 is 2.07 bits per heavy atom. The summed E-state index contributed by atoms with van der Waals surface area (Å²) in [5, 5.41) is 2.64. The summed E-state index contributed by atoms with van der Waals surface area (Å²) in [4.78, 5) is 28.8. The normalized spacial score (nSPS) is 11.9. The number of hydrogen-bond donors (Lipinski definition) is 1. The summed E-state index contributed by atoms with van der Waals surface area (Å²) in [6.07, 6.45) is 0.198. The fraction of sp³-hybridized carbons (Fsp3) is 0.188. The summed E-state index contributed by atoms with van der Waals surface area (Å²) >= 11 is 0. The van der Waals surface area contributed by atoms with Crippen molar-refractivity contribution >= 4 is 27.5 Å². The van der Waals surface area contributed by atoms with Gasteiger partial charge >= 0.3 is 0 Å². The van der Waals surface area contributed by atoms with Gasteiger partial charge in [-0.15, -0.1) is 0 Å². The maximum Gasteiger partial charge on any atom is 0.264 e. The van der Waals surface area contributed by atoms with E-state index in [1.165, 1.54) is 48.3 Å². The molecule has 0 saturated heterocycles. The van der Waals surface area contributed by atoms with Crippen LogP contribution in [0, 0.1) is 12.7 Å². The summed E-state index contributed by atoms with van der Waals surface area (Å²) in [7, 11) is -2.67. The van der Waals surface area contributed by atoms with Crippen LogP contribution in [0.5, 0.6) is 0 Å². The quantitative estimate of drug-likeness (QED) is 0.282. The molecule has 0 fully saturated rings. The lowest BCUT2D eigenvalue weighted by atomic mass is 10.0. The molecule has 4 aromatic carbocycles. The van der Waals surface area contributed by atoms with Crippen LogP contribution in [0.15, 0.2) is 114 Å². The van der Waals surface area contributed by atoms with Gasteiger partial charge in [-0.1, -0.05) is 72.8 Å². The number of hydrogen-bond acceptors (Lipinski definition) is 4. The Labute approximate surface area is 240 Å². The summed E-state index contributed by atoms with van der Waals surface area (Å²) in [6, 6.07) is 28.7. The van der Waals surface area contributed by atoms with Crippen molar-refractivity contribution < 1.29 is 22.4 Å². The van der Waals surface area contributed by atoms with E-state index < -0.39 is 40.2 Å². The van der Waals surface area contributed by atoms with Crippen molar-refractivity contribution in [3.63, 3.8) is 0 Å². The molecule has 212 valence electrons. The number of aryl methyl sites for hydroxylation is 1. The number of sulfonamides is 1. The van der Waals surface area contributed by atoms with Crippen LogP contribution < -0.4 is 9.62 Å². The number of nitrogens with zero attached hydrogens (tertiary/aromatic N) is 2. The zero-order valence-electron chi connectivity index (χ0n) is 22.9. The predicted octanol–water partition coefficient (Wildman–Crippen LogP) is 4.72. The highest BCUT2D eigenvalue weighted by atomic mass is 32.2. The van der Waals surface area contributed by atoms with Crippen molar-refractivity contribution in [1.82, 2.24) is 10.2 Å². The molecular weight excluding hydrogens is 541 g/mol. The smallest absolute Gasteiger partial charge is 0.264 e. The molecule has 0 aliphatic carbocycles. The monoisotopic (exact) mass is 573 g/mol. The maximum absolute atomic E-state index is 14.2. The third kappa shape index (κ3) is 7.37. The van der Waals surface area contributed by atoms with Crippen LogP contribution in [0.25, 0.3) is 0 Å². The van der Waals surface area contributed by atoms with E-state index >= 15 is 0 Å². The van der Waals surface area contributed by atoms with Gasteiger partial charge in [0.15, 0.2) is 0 Å². The van der Waals surface area contributed by atoms with Gasteiger partial charge in [-0.25, -0.2) is 12.8 Å². The lowest BCUT2D eigenvalue weighted by molar-refractivity contribution is -0.139. The lowest BCUT2D eigenvalue weighted by Crippen LogP contribution is -2.53. The zero-order valence-corrected chi connectivity index (χ0v) is 23.7. The molecule has 0 heterocycles. The third-order valence-corrected chi connectivity index (χ3v) is 8.47. The van der Waals surface area contributed by atoms with Crippen LogP contribution in [-0.2, 0) is 32.6 Å². The molecule has 0 spiro atoms. The van der Waals surface area contributed by atoms with Crippen LogP contribution >= 0.6 is 0 Å². The molecule has 1 N–H and O–H groups in total. The maximum atomic E-state index is 14.2. The molecule has 0 bridgehead atoms. The van der Waals surface area contributed by atoms with E-state index in [0.29, 0.717) is 11.3 Å². The van der Waals surface area contributed by atoms with Crippen LogP contribution in [0.2, 0.25) is 0 Å². The van der Waals surface area contributed by atoms with E-state index in [9.17, 15) is 22.4 Å². The average Bonchev–Trinajstić information content (AvgIpc) is 2.99. The average molecular weight is 574 g/mol. The highest BCUT2D eigenvalue weighted by molar-refractivity contribution is 7.92. The minimum absolute atomic E-state index is 0.0307. The van der Waals surface area contributed by atoms with Gasteiger partial charge in [-0.05, 0) is 60.0 Å². The van der Waals surface area contributed by atoms with Crippen molar-refractivity contribution in [3.05, 3.63) is 132 Å². The largest absolute Gasteiger partial charge is 0.357 e. The van der Waals surface area contributed by atoms with Crippen LogP contribution in [0.4, 0.5) is 10.1 Å². The molecule has 0 saturated carbocycles. The van der Waals surface area contributed by atoms with E-state index in [1.54, 1.807) is 36.4 Å². The molecule has 2 amide bonds. The number of rotatable bonds is 11. The SMILES string of the molecule is CNC(=O)[C@H](Cc1ccccc1)N(Cc1ccc(F)cc1)C(=O)CN(c1cccc(C)c1)S(=O)(=O)c1ccccc1. The van der Waals surface area contributed by atoms with Gasteiger partial charge in [0.1, 0.15) is 18.4 Å². The number of nitrogens with one attached hydrogen (secondary N) is 1. The fourth-order valence-corrected chi connectivity index (χ4v) is 5.97. The van der Waals surface area contributed by atoms with Crippen molar-refractivity contribution in [3.8, 4) is 0 Å². The Hall–Kier alpha value is -4.50. The van der Waals surface area contributed by atoms with Gasteiger partial charge in [-0.2, -0.15) is 0 Å². The van der Waals surface area contributed by atoms with Crippen LogP contribution in [0.3, 0.4) is 0 Å². The Bertz CT molecular complexity index is 1580. The Morgan fingerprint density at radius 1 is 0.829 bits per heavy atom. The second-order valence-electron chi connectivity index (χ2n) is 9.63. The first-order valence-electron chi connectivity index (χ1n) is 13.1. The van der Waals surface area contributed by atoms with Crippen molar-refractivity contribution in [2.75, 3.05) is 17.9 Å². The van der Waals surface area contributed by atoms with Gasteiger partial charge in [-0.3, -0.25) is 13.9 Å². The summed E-state index contributed by atoms with van der Waals surface area (Å²) in [6.45, 7) is 1.25. The van der Waals surface area contributed by atoms with Gasteiger partial charge in [0.25, 0.3) is 10.0 Å². The predicted molar refractivity (Wildman–Crippen MR) is 157 cm³/mol. The van der Waals surface area contributed by atoms with Gasteiger partial charge in [0.05, 0.1) is 10.6 Å². The summed E-state index contributed by atoms with van der Waals surface area (Å²) in [5.41, 5.74) is 2.56. The number of benzene rings is 4. The molecular formula is C32H32FN3O4S. The second kappa shape index (κ2) is 13.2. The van der Waals surface area contributed by atoms with E-state index in [4.69, 9.17) is 0 Å². The van der Waals surface area contributed by atoms with E-state index in [1.807, 2.05) is 43.3 Å². The second-order valence-corrected chi connectivity index (χ2v) is 11.5. The number of halogens is 1. The molecule has 0 radical (unpaired) electrons. The van der Waals surface area contributed by atoms with Crippen LogP contribution in [0.1, 0.15) is 16.7 Å². The minimum atomic E-state index is -4.15. The Kier molecular flexibility index (Phi) is 9.52. The molecule has 9 heteroatoms. The van der Waals surface area contributed by atoms with Gasteiger partial charge in [0.2, 0.25) is 11.8 Å². The highest BCUT2D eigenvalue weighted by Gasteiger charge is 2.34. The van der Waals surface area contributed by atoms with E-state index in [0.717, 1.165) is 15.4 Å². The van der Waals surface area contributed by atoms with Crippen LogP contribution in [-0.4, -0.2) is 44.8 Å². The molecule has 4 aromatic rings. The van der Waals surface area contributed by atoms with E-state index in [-0.39, 0.29) is 17.9 Å². The summed E-state index contributed by atoms with van der Waals surface area (Å²) < 4.78 is 42.5. The first kappa shape index (κ1) is 29.5. The first-order chi connectivity index (χ1) is 19.7. The molecule has 0 unspecified atom stereocenters. The molecule has 0 aliphatic heterocycles. The molecule has 0 aliphatic rings. The molecule has 0 aromatic heterocycles. The number of likely N-dealkylation sites (N-methyl/N-ethyl adjacent to an activating group) is 1. The molecule has 7 nitrogen and oxygen atoms in total. The fourth-order valence-electron chi connectivity index (χ4n) is 4.54. The van der Waals surface area contributed by atoms with Gasteiger partial charge in [0, 0.05) is 20.0 Å². The van der Waals surface area contributed by atoms with Crippen molar-refractivity contribution in [1.29, 1.82) is 0 Å². The van der Waals surface area contributed by atoms with Gasteiger partial charge < -0.3 is 10.2 Å². The number of amides is 2. The van der Waals surface area contributed by atoms with Crippen molar-refractivity contribution in [2.24, 2.45) is 0 Å². The Balaban J connectivity index is 1.78. The zero-order chi connectivity index (χ0) is 29.4. The first-order valence-corrected chi connectivity index (χ1v) is 14.6. The minimum Gasteiger partial charge on any atom is -0.357 e. The number of carbonyl (C=O) groups excluding carboxylic acids is 2. The topological polar surface area (TPSA) is 86.8 Å². The molecule has 1 atom stereocenters.